The summed E-state index contributed by atoms with van der Waals surface area (Å²) in [6.45, 7) is 0. The minimum Gasteiger partial charge on any atom is -0.478 e. The van der Waals surface area contributed by atoms with Crippen LogP contribution in [-0.2, 0) is 14.6 Å². The van der Waals surface area contributed by atoms with E-state index in [0.717, 1.165) is 6.26 Å². The highest BCUT2D eigenvalue weighted by Gasteiger charge is 2.17. The molecular formula is C11H11F2NO5S. The third kappa shape index (κ3) is 4.57. The fourth-order valence-electron chi connectivity index (χ4n) is 1.32. The number of hydrogen-bond acceptors (Lipinski definition) is 4. The number of carbonyl (C=O) groups excluding carboxylic acids is 1. The Kier molecular flexibility index (Phi) is 4.77. The third-order valence-corrected chi connectivity index (χ3v) is 3.21. The normalized spacial score (nSPS) is 11.2. The van der Waals surface area contributed by atoms with Crippen LogP contribution in [0, 0.1) is 11.6 Å². The smallest absolute Gasteiger partial charge is 0.337 e. The van der Waals surface area contributed by atoms with Crippen molar-refractivity contribution in [2.24, 2.45) is 0 Å². The zero-order chi connectivity index (χ0) is 15.5. The predicted octanol–water partition coefficient (Wildman–Crippen LogP) is 1.04. The Labute approximate surface area is 113 Å². The van der Waals surface area contributed by atoms with Crippen LogP contribution in [0.25, 0.3) is 0 Å². The number of amides is 1. The Hall–Kier alpha value is -2.03. The van der Waals surface area contributed by atoms with Crippen LogP contribution in [0.4, 0.5) is 14.5 Å². The molecule has 0 heterocycles. The van der Waals surface area contributed by atoms with E-state index < -0.39 is 56.8 Å². The molecule has 0 saturated heterocycles. The van der Waals surface area contributed by atoms with Crippen molar-refractivity contribution in [3.63, 3.8) is 0 Å². The van der Waals surface area contributed by atoms with E-state index in [9.17, 15) is 26.8 Å². The number of hydrogen-bond donors (Lipinski definition) is 2. The molecular weight excluding hydrogens is 296 g/mol. The fourth-order valence-corrected chi connectivity index (χ4v) is 1.87. The molecule has 0 aliphatic heterocycles. The van der Waals surface area contributed by atoms with Gasteiger partial charge in [0.05, 0.1) is 17.0 Å². The van der Waals surface area contributed by atoms with Crippen LogP contribution in [0.2, 0.25) is 0 Å². The molecule has 1 aromatic carbocycles. The largest absolute Gasteiger partial charge is 0.478 e. The van der Waals surface area contributed by atoms with Gasteiger partial charge >= 0.3 is 5.97 Å². The minimum atomic E-state index is -3.36. The second-order valence-electron chi connectivity index (χ2n) is 4.05. The van der Waals surface area contributed by atoms with Crippen molar-refractivity contribution < 1.29 is 31.9 Å². The molecule has 9 heteroatoms. The lowest BCUT2D eigenvalue weighted by Gasteiger charge is -2.09. The van der Waals surface area contributed by atoms with Crippen molar-refractivity contribution in [2.75, 3.05) is 17.3 Å². The first-order chi connectivity index (χ1) is 9.10. The van der Waals surface area contributed by atoms with Crippen molar-refractivity contribution in [1.82, 2.24) is 0 Å². The van der Waals surface area contributed by atoms with Crippen LogP contribution in [0.15, 0.2) is 12.1 Å². The molecule has 110 valence electrons. The van der Waals surface area contributed by atoms with Gasteiger partial charge in [-0.2, -0.15) is 0 Å². The van der Waals surface area contributed by atoms with Crippen LogP contribution in [0.1, 0.15) is 16.8 Å². The number of sulfone groups is 1. The lowest BCUT2D eigenvalue weighted by molar-refractivity contribution is -0.115. The van der Waals surface area contributed by atoms with Crippen molar-refractivity contribution >= 4 is 27.4 Å². The van der Waals surface area contributed by atoms with Crippen LogP contribution in [-0.4, -0.2) is 37.4 Å². The van der Waals surface area contributed by atoms with E-state index in [-0.39, 0.29) is 0 Å². The van der Waals surface area contributed by atoms with Gasteiger partial charge in [-0.1, -0.05) is 0 Å². The molecule has 0 spiro atoms. The molecule has 1 amide bonds. The monoisotopic (exact) mass is 307 g/mol. The van der Waals surface area contributed by atoms with Crippen molar-refractivity contribution in [3.05, 3.63) is 29.3 Å². The van der Waals surface area contributed by atoms with E-state index in [1.54, 1.807) is 0 Å². The summed E-state index contributed by atoms with van der Waals surface area (Å²) in [7, 11) is -3.36. The Bertz CT molecular complexity index is 657. The molecule has 0 bridgehead atoms. The summed E-state index contributed by atoms with van der Waals surface area (Å²) in [5.41, 5.74) is -1.06. The quantitative estimate of drug-likeness (QED) is 0.846. The third-order valence-electron chi connectivity index (χ3n) is 2.26. The maximum absolute atomic E-state index is 13.0. The highest BCUT2D eigenvalue weighted by Crippen LogP contribution is 2.20. The highest BCUT2D eigenvalue weighted by atomic mass is 32.2. The standard InChI is InChI=1S/C11H11F2NO5S/c1-20(18,19)3-2-10(15)14-9-5-8(13)7(12)4-6(9)11(16)17/h4-5H,2-3H2,1H3,(H,14,15)(H,16,17). The van der Waals surface area contributed by atoms with Gasteiger partial charge in [-0.25, -0.2) is 22.0 Å². The molecule has 20 heavy (non-hydrogen) atoms. The maximum Gasteiger partial charge on any atom is 0.337 e. The van der Waals surface area contributed by atoms with E-state index in [2.05, 4.69) is 0 Å². The van der Waals surface area contributed by atoms with E-state index in [1.807, 2.05) is 5.32 Å². The number of carboxylic acids is 1. The topological polar surface area (TPSA) is 101 Å². The lowest BCUT2D eigenvalue weighted by Crippen LogP contribution is -2.18. The van der Waals surface area contributed by atoms with Crippen molar-refractivity contribution in [1.29, 1.82) is 0 Å². The fraction of sp³-hybridized carbons (Fsp3) is 0.273. The van der Waals surface area contributed by atoms with Gasteiger partial charge in [0.1, 0.15) is 9.84 Å². The summed E-state index contributed by atoms with van der Waals surface area (Å²) in [4.78, 5) is 22.3. The number of anilines is 1. The number of carbonyl (C=O) groups is 2. The highest BCUT2D eigenvalue weighted by molar-refractivity contribution is 7.90. The van der Waals surface area contributed by atoms with Gasteiger partial charge < -0.3 is 10.4 Å². The number of halogens is 2. The van der Waals surface area contributed by atoms with Gasteiger partial charge in [0, 0.05) is 18.7 Å². The summed E-state index contributed by atoms with van der Waals surface area (Å²) < 4.78 is 47.7. The summed E-state index contributed by atoms with van der Waals surface area (Å²) in [6.07, 6.45) is 0.511. The summed E-state index contributed by atoms with van der Waals surface area (Å²) in [5, 5.41) is 10.9. The molecule has 0 fully saturated rings. The zero-order valence-corrected chi connectivity index (χ0v) is 11.1. The Balaban J connectivity index is 2.94. The van der Waals surface area contributed by atoms with E-state index in [0.29, 0.717) is 12.1 Å². The molecule has 1 aromatic rings. The molecule has 0 saturated carbocycles. The predicted molar refractivity (Wildman–Crippen MR) is 66.3 cm³/mol. The first-order valence-electron chi connectivity index (χ1n) is 5.30. The number of aromatic carboxylic acids is 1. The SMILES string of the molecule is CS(=O)(=O)CCC(=O)Nc1cc(F)c(F)cc1C(=O)O. The summed E-state index contributed by atoms with van der Waals surface area (Å²) in [6, 6.07) is 0.959. The van der Waals surface area contributed by atoms with Gasteiger partial charge in [-0.15, -0.1) is 0 Å². The van der Waals surface area contributed by atoms with Crippen LogP contribution in [0.3, 0.4) is 0 Å². The van der Waals surface area contributed by atoms with Gasteiger partial charge in [-0.05, 0) is 6.07 Å². The average molecular weight is 307 g/mol. The molecule has 0 unspecified atom stereocenters. The molecule has 2 N–H and O–H groups in total. The number of rotatable bonds is 5. The Morgan fingerprint density at radius 1 is 1.25 bits per heavy atom. The molecule has 0 aliphatic rings. The Morgan fingerprint density at radius 2 is 1.80 bits per heavy atom. The number of benzene rings is 1. The average Bonchev–Trinajstić information content (AvgIpc) is 2.29. The molecule has 0 aromatic heterocycles. The lowest BCUT2D eigenvalue weighted by atomic mass is 10.1. The van der Waals surface area contributed by atoms with Gasteiger partial charge in [-0.3, -0.25) is 4.79 Å². The first kappa shape index (κ1) is 16.0. The zero-order valence-electron chi connectivity index (χ0n) is 10.3. The van der Waals surface area contributed by atoms with E-state index >= 15 is 0 Å². The van der Waals surface area contributed by atoms with Crippen LogP contribution < -0.4 is 5.32 Å². The maximum atomic E-state index is 13.0. The second kappa shape index (κ2) is 5.95. The van der Waals surface area contributed by atoms with Crippen molar-refractivity contribution in [2.45, 2.75) is 6.42 Å². The Morgan fingerprint density at radius 3 is 2.30 bits per heavy atom. The number of nitrogens with one attached hydrogen (secondary N) is 1. The van der Waals surface area contributed by atoms with E-state index in [4.69, 9.17) is 5.11 Å². The van der Waals surface area contributed by atoms with Gasteiger partial charge in [0.25, 0.3) is 0 Å². The van der Waals surface area contributed by atoms with Crippen LogP contribution >= 0.6 is 0 Å². The van der Waals surface area contributed by atoms with Gasteiger partial charge in [0.2, 0.25) is 5.91 Å². The molecule has 0 radical (unpaired) electrons. The minimum absolute atomic E-state index is 0.420. The summed E-state index contributed by atoms with van der Waals surface area (Å²) in [5.74, 6) is -5.50. The second-order valence-corrected chi connectivity index (χ2v) is 6.30. The van der Waals surface area contributed by atoms with E-state index in [1.165, 1.54) is 0 Å². The molecule has 1 rings (SSSR count). The first-order valence-corrected chi connectivity index (χ1v) is 7.36. The van der Waals surface area contributed by atoms with Crippen molar-refractivity contribution in [3.8, 4) is 0 Å². The molecule has 0 aliphatic carbocycles. The number of carboxylic acid groups (broad SMARTS) is 1. The molecule has 6 nitrogen and oxygen atoms in total. The van der Waals surface area contributed by atoms with Gasteiger partial charge in [0.15, 0.2) is 11.6 Å². The van der Waals surface area contributed by atoms with Crippen LogP contribution in [0.5, 0.6) is 0 Å². The summed E-state index contributed by atoms with van der Waals surface area (Å²) >= 11 is 0. The molecule has 0 atom stereocenters.